The number of hydrogen-bond acceptors (Lipinski definition) is 6. The first-order valence-electron chi connectivity index (χ1n) is 7.57. The molecule has 0 atom stereocenters. The van der Waals surface area contributed by atoms with Crippen LogP contribution in [-0.2, 0) is 0 Å². The molecule has 0 radical (unpaired) electrons. The fourth-order valence-electron chi connectivity index (χ4n) is 2.81. The number of aromatic nitrogens is 2. The molecule has 4 rings (SSSR count). The van der Waals surface area contributed by atoms with Crippen molar-refractivity contribution in [2.75, 3.05) is 23.3 Å². The Morgan fingerprint density at radius 2 is 2.00 bits per heavy atom. The van der Waals surface area contributed by atoms with E-state index in [9.17, 15) is 0 Å². The largest absolute Gasteiger partial charge is 0.359 e. The SMILES string of the molecule is Cc1csc(NC2CCN(c3nc4ccccc4s3)CC2)n1. The molecule has 1 N–H and O–H groups in total. The molecule has 0 spiro atoms. The zero-order chi connectivity index (χ0) is 14.9. The molecule has 114 valence electrons. The van der Waals surface area contributed by atoms with Gasteiger partial charge in [-0.05, 0) is 31.9 Å². The summed E-state index contributed by atoms with van der Waals surface area (Å²) in [5.41, 5.74) is 2.21. The predicted octanol–water partition coefficient (Wildman–Crippen LogP) is 4.14. The highest BCUT2D eigenvalue weighted by atomic mass is 32.1. The fraction of sp³-hybridized carbons (Fsp3) is 0.375. The summed E-state index contributed by atoms with van der Waals surface area (Å²) < 4.78 is 1.27. The van der Waals surface area contributed by atoms with E-state index >= 15 is 0 Å². The Labute approximate surface area is 137 Å². The van der Waals surface area contributed by atoms with E-state index in [1.165, 1.54) is 4.70 Å². The van der Waals surface area contributed by atoms with Crippen LogP contribution < -0.4 is 10.2 Å². The molecule has 22 heavy (non-hydrogen) atoms. The summed E-state index contributed by atoms with van der Waals surface area (Å²) in [6, 6.07) is 8.90. The zero-order valence-electron chi connectivity index (χ0n) is 12.5. The highest BCUT2D eigenvalue weighted by molar-refractivity contribution is 7.22. The van der Waals surface area contributed by atoms with E-state index in [0.717, 1.165) is 47.4 Å². The van der Waals surface area contributed by atoms with Crippen molar-refractivity contribution < 1.29 is 0 Å². The second-order valence-corrected chi connectivity index (χ2v) is 7.53. The monoisotopic (exact) mass is 330 g/mol. The first-order chi connectivity index (χ1) is 10.8. The number of anilines is 2. The summed E-state index contributed by atoms with van der Waals surface area (Å²) in [6.07, 6.45) is 2.27. The van der Waals surface area contributed by atoms with Crippen LogP contribution in [0.25, 0.3) is 10.2 Å². The highest BCUT2D eigenvalue weighted by Gasteiger charge is 2.22. The van der Waals surface area contributed by atoms with Crippen LogP contribution in [0.5, 0.6) is 0 Å². The summed E-state index contributed by atoms with van der Waals surface area (Å²) in [7, 11) is 0. The molecule has 0 unspecified atom stereocenters. The molecule has 0 saturated carbocycles. The first-order valence-corrected chi connectivity index (χ1v) is 9.27. The number of rotatable bonds is 3. The van der Waals surface area contributed by atoms with Gasteiger partial charge in [0.2, 0.25) is 0 Å². The van der Waals surface area contributed by atoms with Gasteiger partial charge in [-0.1, -0.05) is 23.5 Å². The van der Waals surface area contributed by atoms with E-state index in [0.29, 0.717) is 6.04 Å². The van der Waals surface area contributed by atoms with Gasteiger partial charge in [-0.3, -0.25) is 0 Å². The van der Waals surface area contributed by atoms with Crippen molar-refractivity contribution in [2.24, 2.45) is 0 Å². The van der Waals surface area contributed by atoms with E-state index in [2.05, 4.69) is 44.8 Å². The molecule has 1 aromatic carbocycles. The van der Waals surface area contributed by atoms with E-state index in [1.54, 1.807) is 22.7 Å². The molecule has 1 aliphatic rings. The van der Waals surface area contributed by atoms with Crippen molar-refractivity contribution in [3.05, 3.63) is 35.3 Å². The maximum absolute atomic E-state index is 4.76. The number of nitrogens with zero attached hydrogens (tertiary/aromatic N) is 3. The van der Waals surface area contributed by atoms with Crippen LogP contribution in [0.15, 0.2) is 29.6 Å². The number of nitrogens with one attached hydrogen (secondary N) is 1. The Kier molecular flexibility index (Phi) is 3.72. The van der Waals surface area contributed by atoms with Crippen LogP contribution in [0.2, 0.25) is 0 Å². The average Bonchev–Trinajstić information content (AvgIpc) is 3.14. The quantitative estimate of drug-likeness (QED) is 0.783. The summed E-state index contributed by atoms with van der Waals surface area (Å²) in [5.74, 6) is 0. The molecule has 1 aliphatic heterocycles. The van der Waals surface area contributed by atoms with Gasteiger partial charge in [-0.2, -0.15) is 0 Å². The Morgan fingerprint density at radius 3 is 2.73 bits per heavy atom. The topological polar surface area (TPSA) is 41.0 Å². The van der Waals surface area contributed by atoms with Gasteiger partial charge in [-0.15, -0.1) is 11.3 Å². The molecule has 2 aromatic heterocycles. The number of para-hydroxylation sites is 1. The van der Waals surface area contributed by atoms with Gasteiger partial charge in [-0.25, -0.2) is 9.97 Å². The number of piperidine rings is 1. The highest BCUT2D eigenvalue weighted by Crippen LogP contribution is 2.30. The second kappa shape index (κ2) is 5.85. The van der Waals surface area contributed by atoms with E-state index in [-0.39, 0.29) is 0 Å². The third-order valence-electron chi connectivity index (χ3n) is 3.99. The molecular weight excluding hydrogens is 312 g/mol. The number of benzene rings is 1. The van der Waals surface area contributed by atoms with E-state index < -0.39 is 0 Å². The molecule has 3 aromatic rings. The van der Waals surface area contributed by atoms with Crippen molar-refractivity contribution >= 4 is 43.2 Å². The third-order valence-corrected chi connectivity index (χ3v) is 5.98. The fourth-order valence-corrected chi connectivity index (χ4v) is 4.59. The second-order valence-electron chi connectivity index (χ2n) is 5.66. The molecule has 0 aliphatic carbocycles. The lowest BCUT2D eigenvalue weighted by atomic mass is 10.1. The minimum Gasteiger partial charge on any atom is -0.359 e. The lowest BCUT2D eigenvalue weighted by molar-refractivity contribution is 0.526. The lowest BCUT2D eigenvalue weighted by Gasteiger charge is -2.32. The van der Waals surface area contributed by atoms with Crippen molar-refractivity contribution in [3.63, 3.8) is 0 Å². The van der Waals surface area contributed by atoms with Crippen molar-refractivity contribution in [2.45, 2.75) is 25.8 Å². The molecule has 1 saturated heterocycles. The van der Waals surface area contributed by atoms with E-state index in [4.69, 9.17) is 4.98 Å². The number of thiazole rings is 2. The predicted molar refractivity (Wildman–Crippen MR) is 95.3 cm³/mol. The summed E-state index contributed by atoms with van der Waals surface area (Å²) in [6.45, 7) is 4.15. The smallest absolute Gasteiger partial charge is 0.186 e. The van der Waals surface area contributed by atoms with Crippen LogP contribution in [0.3, 0.4) is 0 Å². The Hall–Kier alpha value is -1.66. The van der Waals surface area contributed by atoms with Gasteiger partial charge in [0.05, 0.1) is 15.9 Å². The van der Waals surface area contributed by atoms with Gasteiger partial charge in [0.15, 0.2) is 10.3 Å². The Morgan fingerprint density at radius 1 is 1.18 bits per heavy atom. The molecule has 0 bridgehead atoms. The van der Waals surface area contributed by atoms with Crippen LogP contribution in [0.4, 0.5) is 10.3 Å². The third kappa shape index (κ3) is 2.80. The molecule has 1 fully saturated rings. The standard InChI is InChI=1S/C16H18N4S2/c1-11-10-21-15(17-11)18-12-6-8-20(9-7-12)16-19-13-4-2-3-5-14(13)22-16/h2-5,10,12H,6-9H2,1H3,(H,17,18). The molecule has 0 amide bonds. The van der Waals surface area contributed by atoms with Gasteiger partial charge in [0.1, 0.15) is 0 Å². The van der Waals surface area contributed by atoms with E-state index in [1.807, 2.05) is 6.92 Å². The van der Waals surface area contributed by atoms with Crippen molar-refractivity contribution in [1.82, 2.24) is 9.97 Å². The van der Waals surface area contributed by atoms with Crippen LogP contribution in [0.1, 0.15) is 18.5 Å². The molecule has 3 heterocycles. The van der Waals surface area contributed by atoms with Gasteiger partial charge < -0.3 is 10.2 Å². The number of hydrogen-bond donors (Lipinski definition) is 1. The maximum atomic E-state index is 4.76. The normalized spacial score (nSPS) is 16.3. The number of fused-ring (bicyclic) bond motifs is 1. The Balaban J connectivity index is 1.40. The molecular formula is C16H18N4S2. The van der Waals surface area contributed by atoms with Crippen LogP contribution in [-0.4, -0.2) is 29.1 Å². The maximum Gasteiger partial charge on any atom is 0.186 e. The minimum absolute atomic E-state index is 0.524. The molecule has 4 nitrogen and oxygen atoms in total. The molecule has 6 heteroatoms. The average molecular weight is 330 g/mol. The summed E-state index contributed by atoms with van der Waals surface area (Å²) >= 11 is 3.49. The van der Waals surface area contributed by atoms with Crippen LogP contribution >= 0.6 is 22.7 Å². The summed E-state index contributed by atoms with van der Waals surface area (Å²) in [5, 5.41) is 7.87. The zero-order valence-corrected chi connectivity index (χ0v) is 14.1. The summed E-state index contributed by atoms with van der Waals surface area (Å²) in [4.78, 5) is 11.7. The van der Waals surface area contributed by atoms with Gasteiger partial charge >= 0.3 is 0 Å². The number of aryl methyl sites for hydroxylation is 1. The Bertz CT molecular complexity index is 738. The van der Waals surface area contributed by atoms with Crippen molar-refractivity contribution in [3.8, 4) is 0 Å². The van der Waals surface area contributed by atoms with Crippen molar-refractivity contribution in [1.29, 1.82) is 0 Å². The van der Waals surface area contributed by atoms with Gasteiger partial charge in [0, 0.05) is 24.5 Å². The minimum atomic E-state index is 0.524. The van der Waals surface area contributed by atoms with Gasteiger partial charge in [0.25, 0.3) is 0 Å². The van der Waals surface area contributed by atoms with Crippen LogP contribution in [0, 0.1) is 6.92 Å². The lowest BCUT2D eigenvalue weighted by Crippen LogP contribution is -2.39. The first kappa shape index (κ1) is 14.0.